The number of hydrogen-bond acceptors (Lipinski definition) is 2. The second-order valence-electron chi connectivity index (χ2n) is 7.44. The predicted molar refractivity (Wildman–Crippen MR) is 123 cm³/mol. The van der Waals surface area contributed by atoms with Gasteiger partial charge in [-0.25, -0.2) is 0 Å². The molecule has 0 aliphatic carbocycles. The van der Waals surface area contributed by atoms with E-state index in [-0.39, 0.29) is 12.1 Å². The Balaban J connectivity index is 1.90. The molecule has 2 atom stereocenters. The van der Waals surface area contributed by atoms with Crippen molar-refractivity contribution in [3.05, 3.63) is 81.9 Å². The summed E-state index contributed by atoms with van der Waals surface area (Å²) in [5.74, 6) is 0. The van der Waals surface area contributed by atoms with Crippen LogP contribution in [0.2, 0.25) is 5.02 Å². The molecule has 0 unspecified atom stereocenters. The molecule has 3 heterocycles. The second kappa shape index (κ2) is 7.81. The number of pyridine rings is 1. The van der Waals surface area contributed by atoms with Crippen LogP contribution in [-0.4, -0.2) is 26.1 Å². The number of likely N-dealkylation sites (N-methyl/N-ethyl adjacent to an activating group) is 1. The van der Waals surface area contributed by atoms with E-state index >= 15 is 0 Å². The molecule has 6 heteroatoms. The van der Waals surface area contributed by atoms with Crippen molar-refractivity contribution in [2.24, 2.45) is 0 Å². The molecular formula is C23H25ClN4S. The van der Waals surface area contributed by atoms with Crippen LogP contribution in [-0.2, 0) is 0 Å². The Morgan fingerprint density at radius 1 is 1.10 bits per heavy atom. The lowest BCUT2D eigenvalue weighted by Crippen LogP contribution is -2.29. The molecule has 0 amide bonds. The third-order valence-corrected chi connectivity index (χ3v) is 6.50. The number of halogens is 1. The Hall–Kier alpha value is -2.37. The van der Waals surface area contributed by atoms with Gasteiger partial charge in [0.25, 0.3) is 0 Å². The number of rotatable bonds is 4. The molecule has 1 aromatic carbocycles. The Kier molecular flexibility index (Phi) is 5.36. The van der Waals surface area contributed by atoms with Crippen molar-refractivity contribution in [2.45, 2.75) is 39.8 Å². The molecule has 1 aliphatic rings. The Morgan fingerprint density at radius 3 is 2.55 bits per heavy atom. The van der Waals surface area contributed by atoms with Gasteiger partial charge in [0.1, 0.15) is 0 Å². The molecule has 0 spiro atoms. The van der Waals surface area contributed by atoms with Crippen LogP contribution in [0.5, 0.6) is 0 Å². The van der Waals surface area contributed by atoms with Gasteiger partial charge in [0.15, 0.2) is 5.11 Å². The fourth-order valence-corrected chi connectivity index (χ4v) is 5.06. The summed E-state index contributed by atoms with van der Waals surface area (Å²) in [6, 6.07) is 14.1. The highest BCUT2D eigenvalue weighted by molar-refractivity contribution is 7.80. The van der Waals surface area contributed by atoms with Crippen molar-refractivity contribution < 1.29 is 0 Å². The topological polar surface area (TPSA) is 33.1 Å². The lowest BCUT2D eigenvalue weighted by atomic mass is 9.93. The zero-order valence-corrected chi connectivity index (χ0v) is 18.7. The number of nitrogens with zero attached hydrogens (tertiary/aromatic N) is 3. The van der Waals surface area contributed by atoms with Crippen molar-refractivity contribution in [3.8, 4) is 5.69 Å². The first-order chi connectivity index (χ1) is 13.9. The molecule has 1 fully saturated rings. The van der Waals surface area contributed by atoms with E-state index in [1.807, 2.05) is 36.5 Å². The first-order valence-corrected chi connectivity index (χ1v) is 10.6. The van der Waals surface area contributed by atoms with Gasteiger partial charge in [-0.15, -0.1) is 0 Å². The number of nitrogens with one attached hydrogen (secondary N) is 1. The SMILES string of the molecule is CCN1C(=S)N[C@H](c2ccccn2)[C@@H]1c1c(C)c(C)n(-c2cccc(Cl)c2)c1C. The number of thiocarbonyl (C=S) groups is 1. The number of benzene rings is 1. The van der Waals surface area contributed by atoms with Gasteiger partial charge < -0.3 is 14.8 Å². The average Bonchev–Trinajstić information content (AvgIpc) is 3.15. The van der Waals surface area contributed by atoms with Crippen LogP contribution in [0.15, 0.2) is 48.7 Å². The maximum absolute atomic E-state index is 6.28. The van der Waals surface area contributed by atoms with Crippen LogP contribution in [0.25, 0.3) is 5.69 Å². The first kappa shape index (κ1) is 19.9. The third kappa shape index (κ3) is 3.32. The van der Waals surface area contributed by atoms with Gasteiger partial charge in [0.2, 0.25) is 0 Å². The summed E-state index contributed by atoms with van der Waals surface area (Å²) in [6.45, 7) is 9.53. The van der Waals surface area contributed by atoms with E-state index in [0.717, 1.165) is 28.1 Å². The summed E-state index contributed by atoms with van der Waals surface area (Å²) in [5, 5.41) is 5.03. The summed E-state index contributed by atoms with van der Waals surface area (Å²) >= 11 is 12.0. The van der Waals surface area contributed by atoms with Crippen molar-refractivity contribution in [2.75, 3.05) is 6.54 Å². The smallest absolute Gasteiger partial charge is 0.170 e. The Morgan fingerprint density at radius 2 is 1.90 bits per heavy atom. The zero-order valence-electron chi connectivity index (χ0n) is 17.1. The molecular weight excluding hydrogens is 400 g/mol. The van der Waals surface area contributed by atoms with Crippen molar-refractivity contribution in [1.29, 1.82) is 0 Å². The summed E-state index contributed by atoms with van der Waals surface area (Å²) < 4.78 is 2.29. The normalized spacial score (nSPS) is 18.9. The van der Waals surface area contributed by atoms with E-state index < -0.39 is 0 Å². The molecule has 0 radical (unpaired) electrons. The lowest BCUT2D eigenvalue weighted by Gasteiger charge is -2.27. The van der Waals surface area contributed by atoms with E-state index in [1.54, 1.807) is 0 Å². The minimum absolute atomic E-state index is 0.00987. The van der Waals surface area contributed by atoms with Gasteiger partial charge in [-0.05, 0) is 75.8 Å². The lowest BCUT2D eigenvalue weighted by molar-refractivity contribution is 0.328. The fourth-order valence-electron chi connectivity index (χ4n) is 4.50. The Bertz CT molecular complexity index is 1060. The van der Waals surface area contributed by atoms with Crippen molar-refractivity contribution >= 4 is 28.9 Å². The van der Waals surface area contributed by atoms with Crippen LogP contribution < -0.4 is 5.32 Å². The third-order valence-electron chi connectivity index (χ3n) is 5.91. The number of aromatic nitrogens is 2. The highest BCUT2D eigenvalue weighted by Gasteiger charge is 2.41. The monoisotopic (exact) mass is 424 g/mol. The van der Waals surface area contributed by atoms with E-state index in [9.17, 15) is 0 Å². The second-order valence-corrected chi connectivity index (χ2v) is 8.26. The molecule has 0 saturated carbocycles. The van der Waals surface area contributed by atoms with E-state index in [2.05, 4.69) is 59.6 Å². The zero-order chi connectivity index (χ0) is 20.7. The molecule has 1 aliphatic heterocycles. The average molecular weight is 425 g/mol. The van der Waals surface area contributed by atoms with Crippen LogP contribution >= 0.6 is 23.8 Å². The highest BCUT2D eigenvalue weighted by atomic mass is 35.5. The summed E-state index contributed by atoms with van der Waals surface area (Å²) in [7, 11) is 0. The summed E-state index contributed by atoms with van der Waals surface area (Å²) in [6.07, 6.45) is 1.84. The van der Waals surface area contributed by atoms with Gasteiger partial charge >= 0.3 is 0 Å². The Labute approximate surface area is 182 Å². The van der Waals surface area contributed by atoms with Crippen LogP contribution in [0.4, 0.5) is 0 Å². The highest BCUT2D eigenvalue weighted by Crippen LogP contribution is 2.43. The number of hydrogen-bond donors (Lipinski definition) is 1. The van der Waals surface area contributed by atoms with Crippen LogP contribution in [0, 0.1) is 20.8 Å². The van der Waals surface area contributed by atoms with Crippen molar-refractivity contribution in [1.82, 2.24) is 19.8 Å². The van der Waals surface area contributed by atoms with Gasteiger partial charge in [-0.2, -0.15) is 0 Å². The van der Waals surface area contributed by atoms with Gasteiger partial charge in [0.05, 0.1) is 17.8 Å². The molecule has 29 heavy (non-hydrogen) atoms. The standard InChI is InChI=1S/C23H25ClN4S/c1-5-27-22(21(26-23(27)29)19-11-6-7-12-25-19)20-14(2)15(3)28(16(20)4)18-10-8-9-17(24)13-18/h6-13,21-22H,5H2,1-4H3,(H,26,29)/t21-,22+/m1/s1. The van der Waals surface area contributed by atoms with Gasteiger partial charge in [-0.1, -0.05) is 23.7 Å². The van der Waals surface area contributed by atoms with Gasteiger partial charge in [-0.3, -0.25) is 4.98 Å². The largest absolute Gasteiger partial charge is 0.352 e. The molecule has 1 saturated heterocycles. The maximum atomic E-state index is 6.28. The molecule has 1 N–H and O–H groups in total. The van der Waals surface area contributed by atoms with Gasteiger partial charge in [0, 0.05) is 40.4 Å². The molecule has 0 bridgehead atoms. The summed E-state index contributed by atoms with van der Waals surface area (Å²) in [5.41, 5.74) is 7.08. The predicted octanol–water partition coefficient (Wildman–Crippen LogP) is 5.44. The summed E-state index contributed by atoms with van der Waals surface area (Å²) in [4.78, 5) is 6.89. The molecule has 2 aromatic heterocycles. The first-order valence-electron chi connectivity index (χ1n) is 9.86. The fraction of sp³-hybridized carbons (Fsp3) is 0.304. The minimum atomic E-state index is 0.00987. The maximum Gasteiger partial charge on any atom is 0.170 e. The van der Waals surface area contributed by atoms with E-state index in [1.165, 1.54) is 22.5 Å². The molecule has 3 aromatic rings. The van der Waals surface area contributed by atoms with Crippen LogP contribution in [0.1, 0.15) is 47.2 Å². The molecule has 4 rings (SSSR count). The van der Waals surface area contributed by atoms with E-state index in [0.29, 0.717) is 0 Å². The minimum Gasteiger partial charge on any atom is -0.352 e. The van der Waals surface area contributed by atoms with Crippen LogP contribution in [0.3, 0.4) is 0 Å². The molecule has 150 valence electrons. The van der Waals surface area contributed by atoms with Crippen molar-refractivity contribution in [3.63, 3.8) is 0 Å². The van der Waals surface area contributed by atoms with E-state index in [4.69, 9.17) is 23.8 Å². The quantitative estimate of drug-likeness (QED) is 0.565. The molecule has 4 nitrogen and oxygen atoms in total.